The van der Waals surface area contributed by atoms with Gasteiger partial charge in [-0.25, -0.2) is 0 Å². The first kappa shape index (κ1) is 13.3. The average Bonchev–Trinajstić information content (AvgIpc) is 2.49. The third-order valence-electron chi connectivity index (χ3n) is 4.23. The number of rotatable bonds is 2. The Kier molecular flexibility index (Phi) is 3.81. The van der Waals surface area contributed by atoms with Crippen molar-refractivity contribution in [3.8, 4) is 11.5 Å². The normalized spacial score (nSPS) is 25.1. The SMILES string of the molecule is C[C@H]1CCCC[C@@H]1NC(=O)c1ccc2c(c1)OCCO2. The van der Waals surface area contributed by atoms with Crippen LogP contribution in [0.4, 0.5) is 0 Å². The third kappa shape index (κ3) is 2.74. The predicted octanol–water partition coefficient (Wildman–Crippen LogP) is 2.77. The van der Waals surface area contributed by atoms with E-state index in [0.29, 0.717) is 36.5 Å². The molecule has 2 atom stereocenters. The molecule has 1 aliphatic heterocycles. The zero-order valence-electron chi connectivity index (χ0n) is 11.9. The standard InChI is InChI=1S/C16H21NO3/c1-11-4-2-3-5-13(11)17-16(18)12-6-7-14-15(10-12)20-9-8-19-14/h6-7,10-11,13H,2-5,8-9H2,1H3,(H,17,18)/t11-,13-/m0/s1. The van der Waals surface area contributed by atoms with Crippen LogP contribution >= 0.6 is 0 Å². The van der Waals surface area contributed by atoms with E-state index in [4.69, 9.17) is 9.47 Å². The second-order valence-corrected chi connectivity index (χ2v) is 5.70. The third-order valence-corrected chi connectivity index (χ3v) is 4.23. The number of amides is 1. The minimum Gasteiger partial charge on any atom is -0.486 e. The molecule has 2 aliphatic rings. The Labute approximate surface area is 119 Å². The van der Waals surface area contributed by atoms with Gasteiger partial charge in [-0.05, 0) is 37.0 Å². The summed E-state index contributed by atoms with van der Waals surface area (Å²) in [5, 5.41) is 3.16. The van der Waals surface area contributed by atoms with Crippen LogP contribution in [-0.2, 0) is 0 Å². The summed E-state index contributed by atoms with van der Waals surface area (Å²) in [4.78, 5) is 12.3. The van der Waals surface area contributed by atoms with Crippen molar-refractivity contribution in [1.29, 1.82) is 0 Å². The van der Waals surface area contributed by atoms with E-state index >= 15 is 0 Å². The van der Waals surface area contributed by atoms with Gasteiger partial charge in [-0.1, -0.05) is 19.8 Å². The first-order valence-corrected chi connectivity index (χ1v) is 7.44. The quantitative estimate of drug-likeness (QED) is 0.902. The number of fused-ring (bicyclic) bond motifs is 1. The minimum absolute atomic E-state index is 0.0132. The Bertz CT molecular complexity index is 500. The van der Waals surface area contributed by atoms with Crippen LogP contribution in [-0.4, -0.2) is 25.2 Å². The number of ether oxygens (including phenoxy) is 2. The number of nitrogens with one attached hydrogen (secondary N) is 1. The topological polar surface area (TPSA) is 47.6 Å². The molecular weight excluding hydrogens is 254 g/mol. The summed E-state index contributed by atoms with van der Waals surface area (Å²) in [6.45, 7) is 3.32. The van der Waals surface area contributed by atoms with Gasteiger partial charge in [-0.3, -0.25) is 4.79 Å². The first-order valence-electron chi connectivity index (χ1n) is 7.44. The lowest BCUT2D eigenvalue weighted by Crippen LogP contribution is -2.41. The van der Waals surface area contributed by atoms with Gasteiger partial charge in [0, 0.05) is 11.6 Å². The molecule has 0 spiro atoms. The van der Waals surface area contributed by atoms with Crippen LogP contribution in [0.15, 0.2) is 18.2 Å². The maximum Gasteiger partial charge on any atom is 0.251 e. The zero-order chi connectivity index (χ0) is 13.9. The molecule has 3 rings (SSSR count). The summed E-state index contributed by atoms with van der Waals surface area (Å²) in [6.07, 6.45) is 4.76. The molecule has 1 aromatic rings. The van der Waals surface area contributed by atoms with Crippen molar-refractivity contribution in [1.82, 2.24) is 5.32 Å². The van der Waals surface area contributed by atoms with E-state index in [0.717, 1.165) is 12.2 Å². The van der Waals surface area contributed by atoms with Gasteiger partial charge in [0.2, 0.25) is 0 Å². The fourth-order valence-electron chi connectivity index (χ4n) is 2.97. The second-order valence-electron chi connectivity index (χ2n) is 5.70. The van der Waals surface area contributed by atoms with Gasteiger partial charge < -0.3 is 14.8 Å². The Morgan fingerprint density at radius 3 is 2.70 bits per heavy atom. The molecule has 4 nitrogen and oxygen atoms in total. The molecule has 1 aliphatic carbocycles. The highest BCUT2D eigenvalue weighted by Gasteiger charge is 2.24. The Morgan fingerprint density at radius 2 is 1.90 bits per heavy atom. The number of benzene rings is 1. The Balaban J connectivity index is 1.70. The van der Waals surface area contributed by atoms with Gasteiger partial charge in [-0.2, -0.15) is 0 Å². The van der Waals surface area contributed by atoms with Crippen molar-refractivity contribution >= 4 is 5.91 Å². The van der Waals surface area contributed by atoms with Crippen molar-refractivity contribution in [2.75, 3.05) is 13.2 Å². The monoisotopic (exact) mass is 275 g/mol. The molecule has 108 valence electrons. The molecular formula is C16H21NO3. The summed E-state index contributed by atoms with van der Waals surface area (Å²) < 4.78 is 11.0. The van der Waals surface area contributed by atoms with E-state index in [1.165, 1.54) is 19.3 Å². The van der Waals surface area contributed by atoms with Gasteiger partial charge >= 0.3 is 0 Å². The van der Waals surface area contributed by atoms with Gasteiger partial charge in [0.15, 0.2) is 11.5 Å². The summed E-state index contributed by atoms with van der Waals surface area (Å²) >= 11 is 0. The molecule has 1 N–H and O–H groups in total. The molecule has 1 fully saturated rings. The summed E-state index contributed by atoms with van der Waals surface area (Å²) in [5.74, 6) is 1.94. The fraction of sp³-hybridized carbons (Fsp3) is 0.562. The molecule has 4 heteroatoms. The predicted molar refractivity (Wildman–Crippen MR) is 76.3 cm³/mol. The van der Waals surface area contributed by atoms with E-state index < -0.39 is 0 Å². The van der Waals surface area contributed by atoms with Crippen molar-refractivity contribution in [2.45, 2.75) is 38.6 Å². The lowest BCUT2D eigenvalue weighted by atomic mass is 9.86. The Hall–Kier alpha value is -1.71. The summed E-state index contributed by atoms with van der Waals surface area (Å²) in [7, 11) is 0. The molecule has 0 aromatic heterocycles. The van der Waals surface area contributed by atoms with Crippen molar-refractivity contribution in [2.24, 2.45) is 5.92 Å². The molecule has 1 saturated carbocycles. The highest BCUT2D eigenvalue weighted by Crippen LogP contribution is 2.31. The van der Waals surface area contributed by atoms with E-state index in [1.807, 2.05) is 6.07 Å². The van der Waals surface area contributed by atoms with Crippen LogP contribution in [0.2, 0.25) is 0 Å². The highest BCUT2D eigenvalue weighted by atomic mass is 16.6. The van der Waals surface area contributed by atoms with Crippen molar-refractivity contribution in [3.05, 3.63) is 23.8 Å². The fourth-order valence-corrected chi connectivity index (χ4v) is 2.97. The highest BCUT2D eigenvalue weighted by molar-refractivity contribution is 5.95. The van der Waals surface area contributed by atoms with Crippen LogP contribution < -0.4 is 14.8 Å². The molecule has 1 heterocycles. The minimum atomic E-state index is -0.0132. The van der Waals surface area contributed by atoms with Crippen LogP contribution in [0.1, 0.15) is 43.0 Å². The maximum atomic E-state index is 12.3. The smallest absolute Gasteiger partial charge is 0.251 e. The number of hydrogen-bond donors (Lipinski definition) is 1. The van der Waals surface area contributed by atoms with Crippen LogP contribution in [0.5, 0.6) is 11.5 Å². The molecule has 0 unspecified atom stereocenters. The molecule has 20 heavy (non-hydrogen) atoms. The lowest BCUT2D eigenvalue weighted by Gasteiger charge is -2.29. The average molecular weight is 275 g/mol. The van der Waals surface area contributed by atoms with Crippen LogP contribution in [0.3, 0.4) is 0 Å². The number of carbonyl (C=O) groups excluding carboxylic acids is 1. The van der Waals surface area contributed by atoms with Crippen molar-refractivity contribution < 1.29 is 14.3 Å². The maximum absolute atomic E-state index is 12.3. The van der Waals surface area contributed by atoms with E-state index in [9.17, 15) is 4.79 Å². The van der Waals surface area contributed by atoms with Gasteiger partial charge in [0.25, 0.3) is 5.91 Å². The molecule has 1 amide bonds. The molecule has 0 saturated heterocycles. The second kappa shape index (κ2) is 5.73. The lowest BCUT2D eigenvalue weighted by molar-refractivity contribution is 0.0909. The van der Waals surface area contributed by atoms with Crippen LogP contribution in [0, 0.1) is 5.92 Å². The van der Waals surface area contributed by atoms with Gasteiger partial charge in [0.05, 0.1) is 0 Å². The number of hydrogen-bond acceptors (Lipinski definition) is 3. The Morgan fingerprint density at radius 1 is 1.15 bits per heavy atom. The van der Waals surface area contributed by atoms with Gasteiger partial charge in [-0.15, -0.1) is 0 Å². The van der Waals surface area contributed by atoms with Gasteiger partial charge in [0.1, 0.15) is 13.2 Å². The number of carbonyl (C=O) groups is 1. The summed E-state index contributed by atoms with van der Waals surface area (Å²) in [6, 6.07) is 5.69. The largest absolute Gasteiger partial charge is 0.486 e. The zero-order valence-corrected chi connectivity index (χ0v) is 11.9. The molecule has 0 radical (unpaired) electrons. The van der Waals surface area contributed by atoms with E-state index in [-0.39, 0.29) is 5.91 Å². The van der Waals surface area contributed by atoms with Crippen LogP contribution in [0.25, 0.3) is 0 Å². The van der Waals surface area contributed by atoms with E-state index in [2.05, 4.69) is 12.2 Å². The molecule has 0 bridgehead atoms. The molecule has 1 aromatic carbocycles. The summed E-state index contributed by atoms with van der Waals surface area (Å²) in [5.41, 5.74) is 0.645. The van der Waals surface area contributed by atoms with Crippen molar-refractivity contribution in [3.63, 3.8) is 0 Å². The van der Waals surface area contributed by atoms with E-state index in [1.54, 1.807) is 12.1 Å². The first-order chi connectivity index (χ1) is 9.74.